The van der Waals surface area contributed by atoms with E-state index in [0.717, 1.165) is 24.5 Å². The van der Waals surface area contributed by atoms with Crippen LogP contribution in [-0.4, -0.2) is 60.1 Å². The third-order valence-corrected chi connectivity index (χ3v) is 5.23. The first-order chi connectivity index (χ1) is 8.34. The maximum absolute atomic E-state index is 12.1. The summed E-state index contributed by atoms with van der Waals surface area (Å²) in [6.07, 6.45) is 3.70. The minimum absolute atomic E-state index is 0.0317. The van der Waals surface area contributed by atoms with E-state index in [1.165, 1.54) is 25.9 Å². The van der Waals surface area contributed by atoms with Crippen molar-refractivity contribution in [3.8, 4) is 0 Å². The molecular weight excluding hydrogens is 234 g/mol. The largest absolute Gasteiger partial charge is 0.350 e. The summed E-state index contributed by atoms with van der Waals surface area (Å²) < 4.78 is 0. The molecule has 0 bridgehead atoms. The van der Waals surface area contributed by atoms with Crippen LogP contribution in [0.15, 0.2) is 0 Å². The lowest BCUT2D eigenvalue weighted by Gasteiger charge is -2.26. The van der Waals surface area contributed by atoms with Crippen molar-refractivity contribution in [2.45, 2.75) is 37.4 Å². The van der Waals surface area contributed by atoms with Crippen LogP contribution in [0.2, 0.25) is 0 Å². The Bertz CT molecular complexity index is 293. The van der Waals surface area contributed by atoms with E-state index >= 15 is 0 Å². The fourth-order valence-electron chi connectivity index (χ4n) is 3.27. The summed E-state index contributed by atoms with van der Waals surface area (Å²) in [6, 6.07) is 1.05. The molecule has 3 saturated heterocycles. The molecule has 0 saturated carbocycles. The van der Waals surface area contributed by atoms with E-state index in [2.05, 4.69) is 15.5 Å². The first-order valence-electron chi connectivity index (χ1n) is 6.70. The van der Waals surface area contributed by atoms with Gasteiger partial charge in [0.1, 0.15) is 0 Å². The molecule has 0 aromatic carbocycles. The SMILES string of the molecule is O=C(NC1CCN2CCCC12)C1CSCCN1. The number of hydrogen-bond donors (Lipinski definition) is 2. The van der Waals surface area contributed by atoms with Crippen LogP contribution in [0.4, 0.5) is 0 Å². The van der Waals surface area contributed by atoms with Crippen molar-refractivity contribution in [3.63, 3.8) is 0 Å². The summed E-state index contributed by atoms with van der Waals surface area (Å²) in [4.78, 5) is 14.7. The molecule has 4 nitrogen and oxygen atoms in total. The van der Waals surface area contributed by atoms with Crippen molar-refractivity contribution in [1.82, 2.24) is 15.5 Å². The quantitative estimate of drug-likeness (QED) is 0.731. The Morgan fingerprint density at radius 2 is 2.29 bits per heavy atom. The summed E-state index contributed by atoms with van der Waals surface area (Å²) in [6.45, 7) is 3.36. The molecule has 0 aromatic heterocycles. The number of carbonyl (C=O) groups is 1. The van der Waals surface area contributed by atoms with E-state index in [-0.39, 0.29) is 11.9 Å². The van der Waals surface area contributed by atoms with Gasteiger partial charge in [-0.1, -0.05) is 0 Å². The van der Waals surface area contributed by atoms with Crippen LogP contribution in [0, 0.1) is 0 Å². The van der Waals surface area contributed by atoms with E-state index in [1.807, 2.05) is 11.8 Å². The summed E-state index contributed by atoms with van der Waals surface area (Å²) in [5.74, 6) is 2.27. The molecule has 3 rings (SSSR count). The Kier molecular flexibility index (Phi) is 3.59. The van der Waals surface area contributed by atoms with Crippen molar-refractivity contribution in [3.05, 3.63) is 0 Å². The average molecular weight is 255 g/mol. The van der Waals surface area contributed by atoms with Crippen LogP contribution in [-0.2, 0) is 4.79 Å². The number of nitrogens with zero attached hydrogens (tertiary/aromatic N) is 1. The second kappa shape index (κ2) is 5.16. The molecule has 0 aliphatic carbocycles. The predicted octanol–water partition coefficient (Wildman–Crippen LogP) is 0.0443. The fraction of sp³-hybridized carbons (Fsp3) is 0.917. The number of hydrogen-bond acceptors (Lipinski definition) is 4. The molecule has 3 fully saturated rings. The molecule has 5 heteroatoms. The molecule has 0 radical (unpaired) electrons. The molecule has 0 aromatic rings. The smallest absolute Gasteiger partial charge is 0.238 e. The number of carbonyl (C=O) groups excluding carboxylic acids is 1. The van der Waals surface area contributed by atoms with Gasteiger partial charge in [0.15, 0.2) is 0 Å². The Morgan fingerprint density at radius 1 is 1.35 bits per heavy atom. The van der Waals surface area contributed by atoms with Gasteiger partial charge in [0.05, 0.1) is 6.04 Å². The second-order valence-corrected chi connectivity index (χ2v) is 6.38. The van der Waals surface area contributed by atoms with Gasteiger partial charge in [-0.05, 0) is 25.8 Å². The first kappa shape index (κ1) is 11.8. The second-order valence-electron chi connectivity index (χ2n) is 5.23. The molecule has 2 N–H and O–H groups in total. The maximum atomic E-state index is 12.1. The van der Waals surface area contributed by atoms with Crippen molar-refractivity contribution in [1.29, 1.82) is 0 Å². The molecule has 0 spiro atoms. The van der Waals surface area contributed by atoms with E-state index in [4.69, 9.17) is 0 Å². The molecule has 3 heterocycles. The first-order valence-corrected chi connectivity index (χ1v) is 7.85. The minimum Gasteiger partial charge on any atom is -0.350 e. The Hall–Kier alpha value is -0.260. The van der Waals surface area contributed by atoms with E-state index < -0.39 is 0 Å². The van der Waals surface area contributed by atoms with Crippen LogP contribution in [0.1, 0.15) is 19.3 Å². The van der Waals surface area contributed by atoms with Crippen molar-refractivity contribution in [2.75, 3.05) is 31.1 Å². The summed E-state index contributed by atoms with van der Waals surface area (Å²) in [5.41, 5.74) is 0. The van der Waals surface area contributed by atoms with Crippen LogP contribution < -0.4 is 10.6 Å². The summed E-state index contributed by atoms with van der Waals surface area (Å²) in [7, 11) is 0. The third-order valence-electron chi connectivity index (χ3n) is 4.17. The van der Waals surface area contributed by atoms with Crippen LogP contribution >= 0.6 is 11.8 Å². The number of thioether (sulfide) groups is 1. The van der Waals surface area contributed by atoms with E-state index in [1.54, 1.807) is 0 Å². The topological polar surface area (TPSA) is 44.4 Å². The highest BCUT2D eigenvalue weighted by molar-refractivity contribution is 7.99. The lowest BCUT2D eigenvalue weighted by Crippen LogP contribution is -2.53. The molecule has 96 valence electrons. The third kappa shape index (κ3) is 2.46. The van der Waals surface area contributed by atoms with E-state index in [0.29, 0.717) is 12.1 Å². The normalized spacial score (nSPS) is 38.0. The zero-order valence-electron chi connectivity index (χ0n) is 10.2. The zero-order valence-corrected chi connectivity index (χ0v) is 11.0. The highest BCUT2D eigenvalue weighted by Gasteiger charge is 2.38. The van der Waals surface area contributed by atoms with Crippen molar-refractivity contribution < 1.29 is 4.79 Å². The molecular formula is C12H21N3OS. The standard InChI is InChI=1S/C12H21N3OS/c16-12(10-8-17-7-4-13-10)14-9-3-6-15-5-1-2-11(9)15/h9-11,13H,1-8H2,(H,14,16). The van der Waals surface area contributed by atoms with Gasteiger partial charge in [-0.15, -0.1) is 0 Å². The maximum Gasteiger partial charge on any atom is 0.238 e. The predicted molar refractivity (Wildman–Crippen MR) is 70.3 cm³/mol. The van der Waals surface area contributed by atoms with Gasteiger partial charge < -0.3 is 10.6 Å². The van der Waals surface area contributed by atoms with Crippen molar-refractivity contribution >= 4 is 17.7 Å². The highest BCUT2D eigenvalue weighted by Crippen LogP contribution is 2.27. The van der Waals surface area contributed by atoms with Gasteiger partial charge >= 0.3 is 0 Å². The van der Waals surface area contributed by atoms with Crippen LogP contribution in [0.25, 0.3) is 0 Å². The van der Waals surface area contributed by atoms with Crippen LogP contribution in [0.5, 0.6) is 0 Å². The average Bonchev–Trinajstić information content (AvgIpc) is 2.95. The zero-order chi connectivity index (χ0) is 11.7. The van der Waals surface area contributed by atoms with Crippen molar-refractivity contribution in [2.24, 2.45) is 0 Å². The number of amides is 1. The Labute approximate surface area is 107 Å². The van der Waals surface area contributed by atoms with Crippen LogP contribution in [0.3, 0.4) is 0 Å². The number of fused-ring (bicyclic) bond motifs is 1. The Morgan fingerprint density at radius 3 is 3.12 bits per heavy atom. The Balaban J connectivity index is 1.54. The molecule has 3 aliphatic heterocycles. The highest BCUT2D eigenvalue weighted by atomic mass is 32.2. The molecule has 1 amide bonds. The van der Waals surface area contributed by atoms with Gasteiger partial charge in [0.25, 0.3) is 0 Å². The lowest BCUT2D eigenvalue weighted by molar-refractivity contribution is -0.123. The summed E-state index contributed by atoms with van der Waals surface area (Å²) >= 11 is 1.87. The minimum atomic E-state index is 0.0317. The molecule has 3 unspecified atom stereocenters. The van der Waals surface area contributed by atoms with Gasteiger partial charge in [-0.25, -0.2) is 0 Å². The van der Waals surface area contributed by atoms with Gasteiger partial charge in [0, 0.05) is 36.7 Å². The lowest BCUT2D eigenvalue weighted by atomic mass is 10.1. The van der Waals surface area contributed by atoms with Gasteiger partial charge in [-0.2, -0.15) is 11.8 Å². The molecule has 3 atom stereocenters. The van der Waals surface area contributed by atoms with Gasteiger partial charge in [0.2, 0.25) is 5.91 Å². The van der Waals surface area contributed by atoms with E-state index in [9.17, 15) is 4.79 Å². The fourth-order valence-corrected chi connectivity index (χ4v) is 4.20. The number of rotatable bonds is 2. The summed E-state index contributed by atoms with van der Waals surface area (Å²) in [5, 5.41) is 6.57. The monoisotopic (exact) mass is 255 g/mol. The molecule has 3 aliphatic rings. The van der Waals surface area contributed by atoms with Gasteiger partial charge in [-0.3, -0.25) is 9.69 Å². The molecule has 17 heavy (non-hydrogen) atoms. The number of nitrogens with one attached hydrogen (secondary N) is 2.